The monoisotopic (exact) mass is 403 g/mol. The van der Waals surface area contributed by atoms with Crippen LogP contribution in [0.2, 0.25) is 25.0 Å². The van der Waals surface area contributed by atoms with Crippen molar-refractivity contribution in [3.05, 3.63) is 0 Å². The Bertz CT molecular complexity index is 467. The molecule has 0 aromatic carbocycles. The Morgan fingerprint density at radius 1 is 1.22 bits per heavy atom. The molecule has 0 heterocycles. The lowest BCUT2D eigenvalue weighted by Crippen LogP contribution is -3.05. The molecule has 0 aromatic heterocycles. The van der Waals surface area contributed by atoms with Gasteiger partial charge in [0.25, 0.3) is 0 Å². The highest BCUT2D eigenvalue weighted by Crippen LogP contribution is 2.37. The van der Waals surface area contributed by atoms with Crippen LogP contribution in [0.25, 0.3) is 0 Å². The lowest BCUT2D eigenvalue weighted by Gasteiger charge is -2.39. The zero-order valence-electron chi connectivity index (χ0n) is 18.5. The van der Waals surface area contributed by atoms with Crippen LogP contribution in [-0.4, -0.2) is 65.6 Å². The van der Waals surface area contributed by atoms with Crippen LogP contribution in [0.3, 0.4) is 0 Å². The van der Waals surface area contributed by atoms with Crippen molar-refractivity contribution in [1.29, 1.82) is 0 Å². The maximum absolute atomic E-state index is 12.2. The molecular weight excluding hydrogens is 363 g/mol. The molecule has 0 amide bonds. The van der Waals surface area contributed by atoms with Crippen LogP contribution in [0.4, 0.5) is 0 Å². The summed E-state index contributed by atoms with van der Waals surface area (Å²) in [6, 6.07) is 0. The second-order valence-corrected chi connectivity index (χ2v) is 13.8. The quantitative estimate of drug-likeness (QED) is 0.194. The predicted octanol–water partition coefficient (Wildman–Crippen LogP) is 0.851. The molecule has 158 valence electrons. The number of hydrogen-bond acceptors (Lipinski definition) is 6. The summed E-state index contributed by atoms with van der Waals surface area (Å²) in [6.07, 6.45) is 1.25. The maximum atomic E-state index is 12.2. The molecule has 0 unspecified atom stereocenters. The van der Waals surface area contributed by atoms with Gasteiger partial charge in [-0.25, -0.2) is 0 Å². The predicted molar refractivity (Wildman–Crippen MR) is 111 cm³/mol. The van der Waals surface area contributed by atoms with E-state index in [2.05, 4.69) is 53.2 Å². The number of quaternary nitrogens is 1. The summed E-state index contributed by atoms with van der Waals surface area (Å²) in [5.41, 5.74) is 0. The van der Waals surface area contributed by atoms with Crippen molar-refractivity contribution in [3.63, 3.8) is 0 Å². The van der Waals surface area contributed by atoms with Gasteiger partial charge in [-0.3, -0.25) is 9.59 Å². The van der Waals surface area contributed by atoms with Gasteiger partial charge in [0, 0.05) is 12.8 Å². The highest BCUT2D eigenvalue weighted by Gasteiger charge is 2.39. The van der Waals surface area contributed by atoms with Gasteiger partial charge in [0.15, 0.2) is 8.32 Å². The van der Waals surface area contributed by atoms with Gasteiger partial charge >= 0.3 is 19.0 Å². The SMILES string of the molecule is CB(O)NCCCC(=O)OC(=O)C[C@H](CC[NH+](C)C)O[Si](C)(C)C(C)(C)C. The Morgan fingerprint density at radius 2 is 1.81 bits per heavy atom. The van der Waals surface area contributed by atoms with Crippen molar-refractivity contribution in [1.82, 2.24) is 5.23 Å². The summed E-state index contributed by atoms with van der Waals surface area (Å²) in [5, 5.41) is 12.0. The summed E-state index contributed by atoms with van der Waals surface area (Å²) >= 11 is 0. The fourth-order valence-electron chi connectivity index (χ4n) is 2.19. The number of esters is 2. The number of ether oxygens (including phenoxy) is 1. The van der Waals surface area contributed by atoms with Gasteiger partial charge in [0.2, 0.25) is 0 Å². The van der Waals surface area contributed by atoms with E-state index in [4.69, 9.17) is 14.2 Å². The second kappa shape index (κ2) is 12.0. The fourth-order valence-corrected chi connectivity index (χ4v) is 3.58. The first-order chi connectivity index (χ1) is 12.2. The molecule has 0 radical (unpaired) electrons. The molecule has 0 aliphatic carbocycles. The lowest BCUT2D eigenvalue weighted by atomic mass is 9.89. The van der Waals surface area contributed by atoms with Crippen LogP contribution in [0, 0.1) is 0 Å². The molecular formula is C18H40BN2O5Si+. The first-order valence-corrected chi connectivity index (χ1v) is 12.8. The highest BCUT2D eigenvalue weighted by atomic mass is 28.4. The van der Waals surface area contributed by atoms with Crippen molar-refractivity contribution in [2.24, 2.45) is 0 Å². The van der Waals surface area contributed by atoms with Gasteiger partial charge in [-0.1, -0.05) is 20.8 Å². The number of rotatable bonds is 12. The standard InChI is InChI=1S/C18H39BN2O5Si/c1-18(2,3)27(7,8)26-15(11-13-21(5)6)14-17(23)25-16(22)10-9-12-20-19(4)24/h15,20,24H,9-14H2,1-8H3/p+1/t15-/m0/s1. The van der Waals surface area contributed by atoms with E-state index in [1.165, 1.54) is 4.90 Å². The molecule has 0 fully saturated rings. The first-order valence-electron chi connectivity index (χ1n) is 9.86. The van der Waals surface area contributed by atoms with Crippen molar-refractivity contribution in [2.45, 2.75) is 77.5 Å². The Balaban J connectivity index is 4.63. The van der Waals surface area contributed by atoms with E-state index in [1.54, 1.807) is 6.82 Å². The minimum Gasteiger partial charge on any atom is -0.437 e. The summed E-state index contributed by atoms with van der Waals surface area (Å²) in [6.45, 7) is 13.8. The van der Waals surface area contributed by atoms with Crippen LogP contribution in [-0.2, 0) is 18.8 Å². The van der Waals surface area contributed by atoms with Gasteiger partial charge in [-0.05, 0) is 37.9 Å². The molecule has 0 aromatic rings. The normalized spacial score (nSPS) is 13.6. The molecule has 0 rings (SSSR count). The summed E-state index contributed by atoms with van der Waals surface area (Å²) in [5.74, 6) is -1.06. The minimum atomic E-state index is -2.02. The maximum Gasteiger partial charge on any atom is 0.373 e. The third-order valence-corrected chi connectivity index (χ3v) is 9.39. The average Bonchev–Trinajstić information content (AvgIpc) is 2.47. The fraction of sp³-hybridized carbons (Fsp3) is 0.889. The highest BCUT2D eigenvalue weighted by molar-refractivity contribution is 6.74. The van der Waals surface area contributed by atoms with Crippen molar-refractivity contribution in [3.8, 4) is 0 Å². The molecule has 27 heavy (non-hydrogen) atoms. The molecule has 1 atom stereocenters. The van der Waals surface area contributed by atoms with Crippen LogP contribution in [0.1, 0.15) is 46.5 Å². The zero-order valence-corrected chi connectivity index (χ0v) is 19.5. The van der Waals surface area contributed by atoms with E-state index in [1.807, 2.05) is 0 Å². The van der Waals surface area contributed by atoms with Crippen molar-refractivity contribution >= 4 is 27.3 Å². The molecule has 0 saturated heterocycles. The van der Waals surface area contributed by atoms with Crippen LogP contribution < -0.4 is 10.1 Å². The number of carbonyl (C=O) groups excluding carboxylic acids is 2. The Morgan fingerprint density at radius 3 is 2.30 bits per heavy atom. The smallest absolute Gasteiger partial charge is 0.373 e. The van der Waals surface area contributed by atoms with E-state index < -0.39 is 27.3 Å². The van der Waals surface area contributed by atoms with Gasteiger partial charge in [-0.2, -0.15) is 0 Å². The largest absolute Gasteiger partial charge is 0.437 e. The van der Waals surface area contributed by atoms with Crippen LogP contribution >= 0.6 is 0 Å². The molecule has 0 saturated carbocycles. The average molecular weight is 403 g/mol. The first kappa shape index (κ1) is 26.3. The van der Waals surface area contributed by atoms with Crippen LogP contribution in [0.15, 0.2) is 0 Å². The number of hydrogen-bond donors (Lipinski definition) is 3. The third-order valence-electron chi connectivity index (χ3n) is 4.85. The summed E-state index contributed by atoms with van der Waals surface area (Å²) in [4.78, 5) is 25.3. The molecule has 0 bridgehead atoms. The van der Waals surface area contributed by atoms with E-state index in [0.717, 1.165) is 13.0 Å². The van der Waals surface area contributed by atoms with Gasteiger partial charge in [-0.15, -0.1) is 0 Å². The Hall–Kier alpha value is -0.738. The molecule has 9 heteroatoms. The second-order valence-electron chi connectivity index (χ2n) is 9.03. The van der Waals surface area contributed by atoms with E-state index in [-0.39, 0.29) is 24.0 Å². The van der Waals surface area contributed by atoms with Crippen LogP contribution in [0.5, 0.6) is 0 Å². The number of carbonyl (C=O) groups is 2. The van der Waals surface area contributed by atoms with E-state index >= 15 is 0 Å². The molecule has 0 spiro atoms. The summed E-state index contributed by atoms with van der Waals surface area (Å²) in [7, 11) is 1.49. The Kier molecular flexibility index (Phi) is 11.6. The Labute approximate surface area is 166 Å². The van der Waals surface area contributed by atoms with Gasteiger partial charge in [0.05, 0.1) is 33.2 Å². The molecule has 3 N–H and O–H groups in total. The van der Waals surface area contributed by atoms with E-state index in [9.17, 15) is 9.59 Å². The summed E-state index contributed by atoms with van der Waals surface area (Å²) < 4.78 is 11.4. The third kappa shape index (κ3) is 12.4. The van der Waals surface area contributed by atoms with E-state index in [0.29, 0.717) is 13.0 Å². The van der Waals surface area contributed by atoms with Gasteiger partial charge < -0.3 is 24.3 Å². The minimum absolute atomic E-state index is 0.0484. The lowest BCUT2D eigenvalue weighted by molar-refractivity contribution is -0.858. The molecule has 0 aliphatic heterocycles. The number of nitrogens with one attached hydrogen (secondary N) is 2. The molecule has 7 nitrogen and oxygen atoms in total. The zero-order chi connectivity index (χ0) is 21.3. The molecule has 0 aliphatic rings. The van der Waals surface area contributed by atoms with Crippen molar-refractivity contribution in [2.75, 3.05) is 27.2 Å². The topological polar surface area (TPSA) is 89.3 Å². The van der Waals surface area contributed by atoms with Crippen molar-refractivity contribution < 1.29 is 28.7 Å². The van der Waals surface area contributed by atoms with Gasteiger partial charge in [0.1, 0.15) is 0 Å².